The molecule has 0 bridgehead atoms. The molecule has 5 heteroatoms. The molecular weight excluding hydrogens is 282 g/mol. The van der Waals surface area contributed by atoms with Crippen LogP contribution in [0.15, 0.2) is 9.82 Å². The molecule has 0 fully saturated rings. The van der Waals surface area contributed by atoms with E-state index in [0.29, 0.717) is 0 Å². The summed E-state index contributed by atoms with van der Waals surface area (Å²) < 4.78 is 1.93. The van der Waals surface area contributed by atoms with Gasteiger partial charge in [-0.25, -0.2) is 4.79 Å². The monoisotopic (exact) mass is 309 g/mol. The van der Waals surface area contributed by atoms with Crippen molar-refractivity contribution in [3.8, 4) is 0 Å². The van der Waals surface area contributed by atoms with E-state index in [1.807, 2.05) is 4.57 Å². The standard InChI is InChI=1S/C16H27N3OS/c1-4-12-21-15-13-8-7-9-14(13)19(16(20)17-15)11-10-18(5-2)6-3/h4-12H2,1-3H3. The first-order valence-electron chi connectivity index (χ1n) is 8.18. The molecule has 0 amide bonds. The van der Waals surface area contributed by atoms with E-state index in [1.54, 1.807) is 11.8 Å². The molecule has 21 heavy (non-hydrogen) atoms. The summed E-state index contributed by atoms with van der Waals surface area (Å²) in [5, 5.41) is 0.994. The Bertz CT molecular complexity index is 523. The Morgan fingerprint density at radius 2 is 2.00 bits per heavy atom. The summed E-state index contributed by atoms with van der Waals surface area (Å²) in [6, 6.07) is 0. The van der Waals surface area contributed by atoms with Crippen LogP contribution in [0.3, 0.4) is 0 Å². The Hall–Kier alpha value is -0.810. The first kappa shape index (κ1) is 16.6. The highest BCUT2D eigenvalue weighted by Crippen LogP contribution is 2.29. The second-order valence-electron chi connectivity index (χ2n) is 5.51. The van der Waals surface area contributed by atoms with Crippen LogP contribution in [0.5, 0.6) is 0 Å². The fourth-order valence-corrected chi connectivity index (χ4v) is 3.85. The molecule has 1 aromatic rings. The number of fused-ring (bicyclic) bond motifs is 1. The average molecular weight is 309 g/mol. The first-order chi connectivity index (χ1) is 10.2. The number of likely N-dealkylation sites (N-methyl/N-ethyl adjacent to an activating group) is 1. The molecule has 0 atom stereocenters. The molecule has 1 aromatic heterocycles. The third kappa shape index (κ3) is 3.89. The van der Waals surface area contributed by atoms with Crippen molar-refractivity contribution >= 4 is 11.8 Å². The van der Waals surface area contributed by atoms with Gasteiger partial charge in [0.15, 0.2) is 0 Å². The molecule has 0 radical (unpaired) electrons. The predicted octanol–water partition coefficient (Wildman–Crippen LogP) is 2.58. The molecule has 0 N–H and O–H groups in total. The molecule has 4 nitrogen and oxygen atoms in total. The Labute approximate surface area is 131 Å². The van der Waals surface area contributed by atoms with Gasteiger partial charge >= 0.3 is 5.69 Å². The maximum Gasteiger partial charge on any atom is 0.348 e. The summed E-state index contributed by atoms with van der Waals surface area (Å²) in [5.41, 5.74) is 2.54. The lowest BCUT2D eigenvalue weighted by molar-refractivity contribution is 0.286. The van der Waals surface area contributed by atoms with E-state index < -0.39 is 0 Å². The molecule has 1 aliphatic rings. The number of thioether (sulfide) groups is 1. The van der Waals surface area contributed by atoms with Crippen molar-refractivity contribution < 1.29 is 0 Å². The van der Waals surface area contributed by atoms with Crippen molar-refractivity contribution in [1.82, 2.24) is 14.5 Å². The van der Waals surface area contributed by atoms with E-state index in [4.69, 9.17) is 0 Å². The molecular formula is C16H27N3OS. The van der Waals surface area contributed by atoms with Crippen LogP contribution in [0.25, 0.3) is 0 Å². The van der Waals surface area contributed by atoms with Crippen molar-refractivity contribution in [2.75, 3.05) is 25.4 Å². The van der Waals surface area contributed by atoms with Gasteiger partial charge in [0.25, 0.3) is 0 Å². The van der Waals surface area contributed by atoms with Crippen molar-refractivity contribution in [3.63, 3.8) is 0 Å². The third-order valence-corrected chi connectivity index (χ3v) is 5.40. The van der Waals surface area contributed by atoms with Crippen LogP contribution in [0, 0.1) is 0 Å². The van der Waals surface area contributed by atoms with Crippen LogP contribution < -0.4 is 5.69 Å². The van der Waals surface area contributed by atoms with Gasteiger partial charge in [-0.2, -0.15) is 4.98 Å². The summed E-state index contributed by atoms with van der Waals surface area (Å²) >= 11 is 1.75. The van der Waals surface area contributed by atoms with Gasteiger partial charge in [-0.05, 0) is 44.5 Å². The highest BCUT2D eigenvalue weighted by Gasteiger charge is 2.21. The largest absolute Gasteiger partial charge is 0.348 e. The number of rotatable bonds is 8. The molecule has 0 saturated heterocycles. The van der Waals surface area contributed by atoms with E-state index in [2.05, 4.69) is 30.7 Å². The summed E-state index contributed by atoms with van der Waals surface area (Å²) in [4.78, 5) is 19.1. The minimum absolute atomic E-state index is 0.0543. The maximum atomic E-state index is 12.4. The van der Waals surface area contributed by atoms with E-state index in [-0.39, 0.29) is 5.69 Å². The zero-order valence-electron chi connectivity index (χ0n) is 13.5. The molecule has 1 heterocycles. The van der Waals surface area contributed by atoms with E-state index in [9.17, 15) is 4.79 Å². The number of aromatic nitrogens is 2. The van der Waals surface area contributed by atoms with Crippen LogP contribution in [0.4, 0.5) is 0 Å². The van der Waals surface area contributed by atoms with Gasteiger partial charge in [-0.1, -0.05) is 20.8 Å². The highest BCUT2D eigenvalue weighted by molar-refractivity contribution is 7.99. The van der Waals surface area contributed by atoms with E-state index in [0.717, 1.165) is 62.6 Å². The zero-order valence-corrected chi connectivity index (χ0v) is 14.3. The van der Waals surface area contributed by atoms with E-state index in [1.165, 1.54) is 11.3 Å². The lowest BCUT2D eigenvalue weighted by atomic mass is 10.2. The molecule has 0 unspecified atom stereocenters. The van der Waals surface area contributed by atoms with Crippen LogP contribution in [-0.4, -0.2) is 39.8 Å². The summed E-state index contributed by atoms with van der Waals surface area (Å²) in [6.07, 6.45) is 4.39. The molecule has 1 aliphatic carbocycles. The minimum Gasteiger partial charge on any atom is -0.302 e. The van der Waals surface area contributed by atoms with Gasteiger partial charge < -0.3 is 4.90 Å². The molecule has 0 spiro atoms. The first-order valence-corrected chi connectivity index (χ1v) is 9.17. The van der Waals surface area contributed by atoms with Crippen LogP contribution in [0.2, 0.25) is 0 Å². The summed E-state index contributed by atoms with van der Waals surface area (Å²) in [5.74, 6) is 1.04. The second-order valence-corrected chi connectivity index (χ2v) is 6.59. The lowest BCUT2D eigenvalue weighted by Gasteiger charge is -2.20. The van der Waals surface area contributed by atoms with Crippen LogP contribution >= 0.6 is 11.8 Å². The smallest absolute Gasteiger partial charge is 0.302 e. The molecule has 0 aromatic carbocycles. The van der Waals surface area contributed by atoms with Gasteiger partial charge in [0.2, 0.25) is 0 Å². The quantitative estimate of drug-likeness (QED) is 0.546. The predicted molar refractivity (Wildman–Crippen MR) is 89.3 cm³/mol. The van der Waals surface area contributed by atoms with Gasteiger partial charge in [0, 0.05) is 24.3 Å². The third-order valence-electron chi connectivity index (χ3n) is 4.18. The molecule has 0 aliphatic heterocycles. The van der Waals surface area contributed by atoms with Gasteiger partial charge in [0.1, 0.15) is 5.03 Å². The topological polar surface area (TPSA) is 38.1 Å². The van der Waals surface area contributed by atoms with Crippen LogP contribution in [0.1, 0.15) is 44.9 Å². The minimum atomic E-state index is -0.0543. The van der Waals surface area contributed by atoms with Crippen molar-refractivity contribution in [1.29, 1.82) is 0 Å². The Kier molecular flexibility index (Phi) is 6.30. The van der Waals surface area contributed by atoms with Crippen molar-refractivity contribution in [2.45, 2.75) is 58.0 Å². The molecule has 118 valence electrons. The Balaban J connectivity index is 2.23. The van der Waals surface area contributed by atoms with Gasteiger partial charge in [-0.3, -0.25) is 4.57 Å². The maximum absolute atomic E-state index is 12.4. The van der Waals surface area contributed by atoms with Crippen molar-refractivity contribution in [2.24, 2.45) is 0 Å². The average Bonchev–Trinajstić information content (AvgIpc) is 2.97. The number of hydrogen-bond donors (Lipinski definition) is 0. The van der Waals surface area contributed by atoms with E-state index >= 15 is 0 Å². The summed E-state index contributed by atoms with van der Waals surface area (Å²) in [6.45, 7) is 10.3. The fraction of sp³-hybridized carbons (Fsp3) is 0.750. The molecule has 0 saturated carbocycles. The van der Waals surface area contributed by atoms with Gasteiger partial charge in [0.05, 0.1) is 0 Å². The normalized spacial score (nSPS) is 13.9. The lowest BCUT2D eigenvalue weighted by Crippen LogP contribution is -2.34. The number of nitrogens with zero attached hydrogens (tertiary/aromatic N) is 3. The Morgan fingerprint density at radius 1 is 1.24 bits per heavy atom. The summed E-state index contributed by atoms with van der Waals surface area (Å²) in [7, 11) is 0. The highest BCUT2D eigenvalue weighted by atomic mass is 32.2. The number of hydrogen-bond acceptors (Lipinski definition) is 4. The zero-order chi connectivity index (χ0) is 15.2. The Morgan fingerprint density at radius 3 is 2.67 bits per heavy atom. The SMILES string of the molecule is CCCSc1nc(=O)n(CCN(CC)CC)c2c1CCC2. The van der Waals surface area contributed by atoms with Crippen LogP contribution in [-0.2, 0) is 19.4 Å². The van der Waals surface area contributed by atoms with Gasteiger partial charge in [-0.15, -0.1) is 11.8 Å². The molecule has 2 rings (SSSR count). The second kappa shape index (κ2) is 7.99. The fourth-order valence-electron chi connectivity index (χ4n) is 2.92. The van der Waals surface area contributed by atoms with Crippen molar-refractivity contribution in [3.05, 3.63) is 21.7 Å².